The van der Waals surface area contributed by atoms with Gasteiger partial charge in [0.25, 0.3) is 0 Å². The van der Waals surface area contributed by atoms with Crippen LogP contribution in [-0.4, -0.2) is 55.9 Å². The Hall–Kier alpha value is -0.710. The van der Waals surface area contributed by atoms with E-state index in [0.29, 0.717) is 12.5 Å². The lowest BCUT2D eigenvalue weighted by atomic mass is 10.1. The molecule has 1 aliphatic heterocycles. The van der Waals surface area contributed by atoms with Crippen molar-refractivity contribution in [1.29, 1.82) is 0 Å². The number of benzene rings is 1. The lowest BCUT2D eigenvalue weighted by molar-refractivity contribution is 0.0938. The van der Waals surface area contributed by atoms with Crippen LogP contribution in [0.5, 0.6) is 0 Å². The van der Waals surface area contributed by atoms with Gasteiger partial charge in [-0.2, -0.15) is 0 Å². The molecule has 0 bridgehead atoms. The Labute approximate surface area is 123 Å². The van der Waals surface area contributed by atoms with Crippen LogP contribution in [0.4, 0.5) is 0 Å². The Morgan fingerprint density at radius 3 is 2.95 bits per heavy atom. The van der Waals surface area contributed by atoms with Gasteiger partial charge in [-0.15, -0.1) is 0 Å². The van der Waals surface area contributed by atoms with Crippen molar-refractivity contribution >= 4 is 21.7 Å². The zero-order chi connectivity index (χ0) is 13.8. The molecule has 19 heavy (non-hydrogen) atoms. The third-order valence-electron chi connectivity index (χ3n) is 3.62. The monoisotopic (exact) mass is 324 g/mol. The van der Waals surface area contributed by atoms with Crippen molar-refractivity contribution in [2.45, 2.75) is 6.42 Å². The van der Waals surface area contributed by atoms with Gasteiger partial charge in [0.15, 0.2) is 5.78 Å². The lowest BCUT2D eigenvalue weighted by Gasteiger charge is -2.20. The Balaban J connectivity index is 1.85. The van der Waals surface area contributed by atoms with E-state index in [-0.39, 0.29) is 5.78 Å². The lowest BCUT2D eigenvalue weighted by Crippen LogP contribution is -2.31. The van der Waals surface area contributed by atoms with Crippen LogP contribution < -0.4 is 0 Å². The molecule has 1 aromatic rings. The Bertz CT molecular complexity index is 450. The molecule has 3 nitrogen and oxygen atoms in total. The van der Waals surface area contributed by atoms with E-state index >= 15 is 0 Å². The number of hydrogen-bond acceptors (Lipinski definition) is 3. The van der Waals surface area contributed by atoms with Crippen LogP contribution in [0.25, 0.3) is 0 Å². The third-order valence-corrected chi connectivity index (χ3v) is 4.11. The topological polar surface area (TPSA) is 23.6 Å². The quantitative estimate of drug-likeness (QED) is 0.777. The summed E-state index contributed by atoms with van der Waals surface area (Å²) in [6, 6.07) is 7.61. The van der Waals surface area contributed by atoms with E-state index in [1.807, 2.05) is 31.3 Å². The number of ketones is 1. The summed E-state index contributed by atoms with van der Waals surface area (Å²) in [7, 11) is 4.20. The molecule has 0 amide bonds. The predicted molar refractivity (Wildman–Crippen MR) is 81.6 cm³/mol. The number of likely N-dealkylation sites (N-methyl/N-ethyl adjacent to an activating group) is 1. The number of carbonyl (C=O) groups excluding carboxylic acids is 1. The van der Waals surface area contributed by atoms with Crippen molar-refractivity contribution in [2.24, 2.45) is 5.92 Å². The SMILES string of the molecule is CN1CCC(CN(C)CC(=O)c2cccc(Br)c2)C1. The van der Waals surface area contributed by atoms with Gasteiger partial charge in [0.2, 0.25) is 0 Å². The van der Waals surface area contributed by atoms with Crippen molar-refractivity contribution < 1.29 is 4.79 Å². The second-order valence-electron chi connectivity index (χ2n) is 5.55. The molecule has 2 rings (SSSR count). The maximum absolute atomic E-state index is 12.2. The van der Waals surface area contributed by atoms with E-state index in [9.17, 15) is 4.79 Å². The highest BCUT2D eigenvalue weighted by molar-refractivity contribution is 9.10. The first kappa shape index (κ1) is 14.7. The van der Waals surface area contributed by atoms with Crippen LogP contribution in [0.1, 0.15) is 16.8 Å². The molecule has 1 saturated heterocycles. The summed E-state index contributed by atoms with van der Waals surface area (Å²) in [5.41, 5.74) is 0.782. The van der Waals surface area contributed by atoms with Gasteiger partial charge in [-0.1, -0.05) is 28.1 Å². The highest BCUT2D eigenvalue weighted by Gasteiger charge is 2.21. The van der Waals surface area contributed by atoms with Gasteiger partial charge in [-0.3, -0.25) is 9.69 Å². The predicted octanol–water partition coefficient (Wildman–Crippen LogP) is 2.52. The molecule has 0 N–H and O–H groups in total. The number of rotatable bonds is 5. The van der Waals surface area contributed by atoms with Crippen LogP contribution in [0.2, 0.25) is 0 Å². The van der Waals surface area contributed by atoms with Crippen LogP contribution in [0, 0.1) is 5.92 Å². The molecule has 0 saturated carbocycles. The average Bonchev–Trinajstić information content (AvgIpc) is 2.74. The standard InChI is InChI=1S/C15H21BrN2O/c1-17-7-6-12(9-17)10-18(2)11-15(19)13-4-3-5-14(16)8-13/h3-5,8,12H,6-7,9-11H2,1-2H3. The van der Waals surface area contributed by atoms with Crippen LogP contribution in [0.3, 0.4) is 0 Å². The molecular weight excluding hydrogens is 304 g/mol. The van der Waals surface area contributed by atoms with Crippen molar-refractivity contribution in [3.05, 3.63) is 34.3 Å². The third kappa shape index (κ3) is 4.41. The molecule has 0 radical (unpaired) electrons. The molecule has 4 heteroatoms. The van der Waals surface area contributed by atoms with Crippen LogP contribution in [0.15, 0.2) is 28.7 Å². The zero-order valence-electron chi connectivity index (χ0n) is 11.6. The van der Waals surface area contributed by atoms with Gasteiger partial charge in [0.1, 0.15) is 0 Å². The second kappa shape index (κ2) is 6.64. The number of likely N-dealkylation sites (tertiary alicyclic amines) is 1. The molecular formula is C15H21BrN2O. The van der Waals surface area contributed by atoms with Gasteiger partial charge < -0.3 is 4.90 Å². The summed E-state index contributed by atoms with van der Waals surface area (Å²) in [5.74, 6) is 0.889. The molecule has 0 spiro atoms. The number of Topliss-reactive ketones (excluding diaryl/α,β-unsaturated/α-hetero) is 1. The summed E-state index contributed by atoms with van der Waals surface area (Å²) in [5, 5.41) is 0. The molecule has 1 unspecified atom stereocenters. The average molecular weight is 325 g/mol. The van der Waals surface area contributed by atoms with E-state index < -0.39 is 0 Å². The highest BCUT2D eigenvalue weighted by Crippen LogP contribution is 2.16. The molecule has 0 aromatic heterocycles. The molecule has 1 aliphatic rings. The Morgan fingerprint density at radius 2 is 2.32 bits per heavy atom. The minimum atomic E-state index is 0.190. The molecule has 1 atom stereocenters. The van der Waals surface area contributed by atoms with E-state index in [4.69, 9.17) is 0 Å². The van der Waals surface area contributed by atoms with Gasteiger partial charge in [0, 0.05) is 23.1 Å². The zero-order valence-corrected chi connectivity index (χ0v) is 13.2. The normalized spacial score (nSPS) is 20.1. The first-order valence-corrected chi connectivity index (χ1v) is 7.50. The summed E-state index contributed by atoms with van der Waals surface area (Å²) in [4.78, 5) is 16.7. The van der Waals surface area contributed by atoms with Crippen molar-refractivity contribution in [2.75, 3.05) is 40.3 Å². The van der Waals surface area contributed by atoms with E-state index in [0.717, 1.165) is 23.1 Å². The smallest absolute Gasteiger partial charge is 0.176 e. The van der Waals surface area contributed by atoms with E-state index in [2.05, 4.69) is 32.8 Å². The number of halogens is 1. The first-order valence-electron chi connectivity index (χ1n) is 6.70. The van der Waals surface area contributed by atoms with Crippen molar-refractivity contribution in [1.82, 2.24) is 9.80 Å². The second-order valence-corrected chi connectivity index (χ2v) is 6.46. The molecule has 1 heterocycles. The van der Waals surface area contributed by atoms with E-state index in [1.54, 1.807) is 0 Å². The first-order chi connectivity index (χ1) is 9.04. The Morgan fingerprint density at radius 1 is 1.53 bits per heavy atom. The van der Waals surface area contributed by atoms with Crippen molar-refractivity contribution in [3.8, 4) is 0 Å². The van der Waals surface area contributed by atoms with Gasteiger partial charge in [0.05, 0.1) is 6.54 Å². The van der Waals surface area contributed by atoms with E-state index in [1.165, 1.54) is 13.0 Å². The summed E-state index contributed by atoms with van der Waals surface area (Å²) in [6.45, 7) is 3.83. The fraction of sp³-hybridized carbons (Fsp3) is 0.533. The van der Waals surface area contributed by atoms with Gasteiger partial charge >= 0.3 is 0 Å². The van der Waals surface area contributed by atoms with Crippen LogP contribution >= 0.6 is 15.9 Å². The van der Waals surface area contributed by atoms with Crippen molar-refractivity contribution in [3.63, 3.8) is 0 Å². The largest absolute Gasteiger partial charge is 0.306 e. The summed E-state index contributed by atoms with van der Waals surface area (Å²) in [6.07, 6.45) is 1.24. The minimum absolute atomic E-state index is 0.190. The summed E-state index contributed by atoms with van der Waals surface area (Å²) < 4.78 is 0.957. The fourth-order valence-electron chi connectivity index (χ4n) is 2.68. The van der Waals surface area contributed by atoms with Gasteiger partial charge in [-0.05, 0) is 45.1 Å². The molecule has 0 aliphatic carbocycles. The number of nitrogens with zero attached hydrogens (tertiary/aromatic N) is 2. The maximum atomic E-state index is 12.2. The molecule has 1 aromatic carbocycles. The highest BCUT2D eigenvalue weighted by atomic mass is 79.9. The molecule has 104 valence electrons. The summed E-state index contributed by atoms with van der Waals surface area (Å²) >= 11 is 3.40. The van der Waals surface area contributed by atoms with Crippen LogP contribution in [-0.2, 0) is 0 Å². The maximum Gasteiger partial charge on any atom is 0.176 e. The van der Waals surface area contributed by atoms with Gasteiger partial charge in [-0.25, -0.2) is 0 Å². The fourth-order valence-corrected chi connectivity index (χ4v) is 3.08. The Kier molecular flexibility index (Phi) is 5.13. The minimum Gasteiger partial charge on any atom is -0.306 e. The number of hydrogen-bond donors (Lipinski definition) is 0. The molecule has 1 fully saturated rings. The number of carbonyl (C=O) groups is 1.